The van der Waals surface area contributed by atoms with Gasteiger partial charge in [0.15, 0.2) is 0 Å². The van der Waals surface area contributed by atoms with Crippen LogP contribution in [0.2, 0.25) is 0 Å². The molecule has 1 amide bonds. The first kappa shape index (κ1) is 17.9. The second kappa shape index (κ2) is 8.43. The fourth-order valence-electron chi connectivity index (χ4n) is 2.42. The number of anilines is 1. The summed E-state index contributed by atoms with van der Waals surface area (Å²) in [7, 11) is 0. The topological polar surface area (TPSA) is 32.3 Å². The molecule has 0 saturated heterocycles. The minimum atomic E-state index is -0.660. The van der Waals surface area contributed by atoms with Gasteiger partial charge in [0.05, 0.1) is 5.69 Å². The molecule has 128 valence electrons. The van der Waals surface area contributed by atoms with E-state index in [1.807, 2.05) is 44.2 Å². The van der Waals surface area contributed by atoms with E-state index in [1.54, 1.807) is 4.90 Å². The number of amides is 1. The Balaban J connectivity index is 1.91. The van der Waals surface area contributed by atoms with Crippen LogP contribution in [0.25, 0.3) is 0 Å². The lowest BCUT2D eigenvalue weighted by atomic mass is 10.1. The van der Waals surface area contributed by atoms with Crippen LogP contribution in [0.5, 0.6) is 0 Å². The Bertz CT molecular complexity index is 674. The quantitative estimate of drug-likeness (QED) is 0.824. The van der Waals surface area contributed by atoms with Crippen molar-refractivity contribution < 1.29 is 13.6 Å². The number of hydrogen-bond acceptors (Lipinski definition) is 2. The van der Waals surface area contributed by atoms with Gasteiger partial charge in [0.25, 0.3) is 0 Å². The van der Waals surface area contributed by atoms with Crippen LogP contribution in [-0.2, 0) is 11.3 Å². The molecule has 2 aromatic rings. The van der Waals surface area contributed by atoms with E-state index in [0.717, 1.165) is 11.6 Å². The van der Waals surface area contributed by atoms with Crippen molar-refractivity contribution in [3.05, 3.63) is 65.7 Å². The van der Waals surface area contributed by atoms with Crippen LogP contribution in [0, 0.1) is 11.6 Å². The molecule has 24 heavy (non-hydrogen) atoms. The van der Waals surface area contributed by atoms with E-state index in [0.29, 0.717) is 13.1 Å². The molecule has 2 rings (SSSR count). The highest BCUT2D eigenvalue weighted by molar-refractivity contribution is 5.77. The van der Waals surface area contributed by atoms with Crippen molar-refractivity contribution in [1.82, 2.24) is 4.90 Å². The highest BCUT2D eigenvalue weighted by Gasteiger charge is 2.17. The van der Waals surface area contributed by atoms with Crippen molar-refractivity contribution in [3.63, 3.8) is 0 Å². The number of halogens is 2. The summed E-state index contributed by atoms with van der Waals surface area (Å²) in [6.07, 6.45) is 0.238. The van der Waals surface area contributed by atoms with Gasteiger partial charge in [-0.1, -0.05) is 30.3 Å². The van der Waals surface area contributed by atoms with Gasteiger partial charge in [0, 0.05) is 31.6 Å². The first-order chi connectivity index (χ1) is 11.5. The summed E-state index contributed by atoms with van der Waals surface area (Å²) in [5, 5.41) is 2.84. The largest absolute Gasteiger partial charge is 0.382 e. The maximum atomic E-state index is 13.6. The number of nitrogens with one attached hydrogen (secondary N) is 1. The molecule has 0 atom stereocenters. The number of nitrogens with zero attached hydrogens (tertiary/aromatic N) is 1. The molecule has 0 spiro atoms. The Morgan fingerprint density at radius 2 is 1.83 bits per heavy atom. The summed E-state index contributed by atoms with van der Waals surface area (Å²) in [5.41, 5.74) is 1.26. The van der Waals surface area contributed by atoms with Crippen LogP contribution in [0.3, 0.4) is 0 Å². The van der Waals surface area contributed by atoms with E-state index >= 15 is 0 Å². The molecule has 0 aliphatic heterocycles. The average Bonchev–Trinajstić information content (AvgIpc) is 2.55. The van der Waals surface area contributed by atoms with Gasteiger partial charge in [-0.05, 0) is 31.5 Å². The Hall–Kier alpha value is -2.43. The molecule has 3 nitrogen and oxygen atoms in total. The lowest BCUT2D eigenvalue weighted by Crippen LogP contribution is -2.37. The molecule has 0 heterocycles. The highest BCUT2D eigenvalue weighted by Crippen LogP contribution is 2.15. The van der Waals surface area contributed by atoms with Gasteiger partial charge in [-0.15, -0.1) is 0 Å². The van der Waals surface area contributed by atoms with Gasteiger partial charge >= 0.3 is 0 Å². The monoisotopic (exact) mass is 332 g/mol. The number of benzene rings is 2. The summed E-state index contributed by atoms with van der Waals surface area (Å²) in [6, 6.07) is 13.2. The van der Waals surface area contributed by atoms with E-state index in [-0.39, 0.29) is 24.1 Å². The van der Waals surface area contributed by atoms with Crippen LogP contribution in [0.15, 0.2) is 48.5 Å². The minimum Gasteiger partial charge on any atom is -0.382 e. The number of rotatable bonds is 7. The summed E-state index contributed by atoms with van der Waals surface area (Å²) in [5.74, 6) is -1.29. The zero-order chi connectivity index (χ0) is 17.5. The Morgan fingerprint density at radius 1 is 1.12 bits per heavy atom. The molecule has 0 fully saturated rings. The average molecular weight is 332 g/mol. The lowest BCUT2D eigenvalue weighted by Gasteiger charge is -2.27. The maximum Gasteiger partial charge on any atom is 0.224 e. The third kappa shape index (κ3) is 5.05. The molecular weight excluding hydrogens is 310 g/mol. The third-order valence-corrected chi connectivity index (χ3v) is 3.72. The van der Waals surface area contributed by atoms with Gasteiger partial charge < -0.3 is 10.2 Å². The molecule has 0 saturated carbocycles. The van der Waals surface area contributed by atoms with Crippen LogP contribution in [-0.4, -0.2) is 23.4 Å². The van der Waals surface area contributed by atoms with Crippen LogP contribution < -0.4 is 5.32 Å². The predicted octanol–water partition coefficient (Wildman–Crippen LogP) is 4.20. The molecule has 0 unspecified atom stereocenters. The molecule has 5 heteroatoms. The molecule has 0 bridgehead atoms. The van der Waals surface area contributed by atoms with E-state index < -0.39 is 11.6 Å². The van der Waals surface area contributed by atoms with Crippen molar-refractivity contribution in [2.24, 2.45) is 0 Å². The molecule has 0 aliphatic rings. The van der Waals surface area contributed by atoms with Crippen LogP contribution in [0.1, 0.15) is 25.8 Å². The number of carbonyl (C=O) groups excluding carboxylic acids is 1. The van der Waals surface area contributed by atoms with Crippen LogP contribution in [0.4, 0.5) is 14.5 Å². The lowest BCUT2D eigenvalue weighted by molar-refractivity contribution is -0.133. The molecule has 1 N–H and O–H groups in total. The highest BCUT2D eigenvalue weighted by atomic mass is 19.1. The van der Waals surface area contributed by atoms with Crippen molar-refractivity contribution in [2.75, 3.05) is 11.9 Å². The van der Waals surface area contributed by atoms with Gasteiger partial charge in [0.2, 0.25) is 5.91 Å². The third-order valence-electron chi connectivity index (χ3n) is 3.72. The Kier molecular flexibility index (Phi) is 6.29. The first-order valence-corrected chi connectivity index (χ1v) is 7.99. The number of hydrogen-bond donors (Lipinski definition) is 1. The maximum absolute atomic E-state index is 13.6. The van der Waals surface area contributed by atoms with Crippen molar-refractivity contribution >= 4 is 11.6 Å². The zero-order valence-corrected chi connectivity index (χ0v) is 13.9. The Labute approximate surface area is 141 Å². The van der Waals surface area contributed by atoms with E-state index in [2.05, 4.69) is 5.32 Å². The first-order valence-electron chi connectivity index (χ1n) is 7.99. The van der Waals surface area contributed by atoms with Gasteiger partial charge in [-0.25, -0.2) is 8.78 Å². The fourth-order valence-corrected chi connectivity index (χ4v) is 2.42. The molecule has 0 radical (unpaired) electrons. The Morgan fingerprint density at radius 3 is 2.46 bits per heavy atom. The van der Waals surface area contributed by atoms with E-state index in [1.165, 1.54) is 12.1 Å². The molecule has 0 aliphatic carbocycles. The summed E-state index contributed by atoms with van der Waals surface area (Å²) >= 11 is 0. The molecule has 2 aromatic carbocycles. The van der Waals surface area contributed by atoms with Gasteiger partial charge in [-0.3, -0.25) is 4.79 Å². The van der Waals surface area contributed by atoms with Gasteiger partial charge in [0.1, 0.15) is 11.6 Å². The van der Waals surface area contributed by atoms with E-state index in [4.69, 9.17) is 0 Å². The summed E-state index contributed by atoms with van der Waals surface area (Å²) in [4.78, 5) is 14.2. The summed E-state index contributed by atoms with van der Waals surface area (Å²) < 4.78 is 26.4. The zero-order valence-electron chi connectivity index (χ0n) is 13.9. The van der Waals surface area contributed by atoms with Crippen molar-refractivity contribution in [1.29, 1.82) is 0 Å². The normalized spacial score (nSPS) is 10.7. The summed E-state index contributed by atoms with van der Waals surface area (Å²) in [6.45, 7) is 4.77. The number of carbonyl (C=O) groups is 1. The van der Waals surface area contributed by atoms with Crippen molar-refractivity contribution in [3.8, 4) is 0 Å². The van der Waals surface area contributed by atoms with Crippen LogP contribution >= 0.6 is 0 Å². The SMILES string of the molecule is CC(C)N(Cc1ccccc1)C(=O)CCNc1ccc(F)cc1F. The fraction of sp³-hybridized carbons (Fsp3) is 0.316. The standard InChI is InChI=1S/C19H22F2N2O/c1-14(2)23(13-15-6-4-3-5-7-15)19(24)10-11-22-18-9-8-16(20)12-17(18)21/h3-9,12,14,22H,10-11,13H2,1-2H3. The molecular formula is C19H22F2N2O. The second-order valence-corrected chi connectivity index (χ2v) is 5.90. The van der Waals surface area contributed by atoms with Gasteiger partial charge in [-0.2, -0.15) is 0 Å². The molecule has 0 aromatic heterocycles. The second-order valence-electron chi connectivity index (χ2n) is 5.90. The van der Waals surface area contributed by atoms with E-state index in [9.17, 15) is 13.6 Å². The minimum absolute atomic E-state index is 0.0103. The van der Waals surface area contributed by atoms with Crippen molar-refractivity contribution in [2.45, 2.75) is 32.9 Å². The predicted molar refractivity (Wildman–Crippen MR) is 91.6 cm³/mol. The smallest absolute Gasteiger partial charge is 0.224 e.